The number of rotatable bonds is 5. The number of carbonyl (C=O) groups is 2. The first kappa shape index (κ1) is 21.5. The van der Waals surface area contributed by atoms with E-state index in [1.165, 1.54) is 37.5 Å². The molecule has 0 aliphatic carbocycles. The Morgan fingerprint density at radius 3 is 2.34 bits per heavy atom. The van der Waals surface area contributed by atoms with E-state index in [2.05, 4.69) is 0 Å². The fourth-order valence-corrected chi connectivity index (χ4v) is 3.95. The lowest BCUT2D eigenvalue weighted by atomic mass is 9.98. The normalized spacial score (nSPS) is 17.6. The quantitative estimate of drug-likeness (QED) is 0.336. The van der Waals surface area contributed by atoms with E-state index in [9.17, 15) is 14.7 Å². The number of carbonyl (C=O) groups excluding carboxylic acids is 2. The van der Waals surface area contributed by atoms with Crippen LogP contribution in [0.25, 0.3) is 5.76 Å². The molecule has 4 rings (SSSR count). The number of ketones is 1. The highest BCUT2D eigenvalue weighted by Crippen LogP contribution is 2.44. The van der Waals surface area contributed by atoms with Gasteiger partial charge in [-0.2, -0.15) is 0 Å². The van der Waals surface area contributed by atoms with E-state index in [4.69, 9.17) is 25.5 Å². The van der Waals surface area contributed by atoms with Crippen LogP contribution in [-0.2, 0) is 9.59 Å². The maximum Gasteiger partial charge on any atom is 0.300 e. The molecule has 8 heteroatoms. The minimum absolute atomic E-state index is 0.134. The fourth-order valence-electron chi connectivity index (χ4n) is 3.71. The van der Waals surface area contributed by atoms with Crippen LogP contribution in [0.5, 0.6) is 11.5 Å². The smallest absolute Gasteiger partial charge is 0.300 e. The largest absolute Gasteiger partial charge is 0.507 e. The molecule has 32 heavy (non-hydrogen) atoms. The van der Waals surface area contributed by atoms with Crippen LogP contribution in [0.3, 0.4) is 0 Å². The number of nitrogens with zero attached hydrogens (tertiary/aromatic N) is 1. The molecule has 0 bridgehead atoms. The third kappa shape index (κ3) is 3.50. The highest BCUT2D eigenvalue weighted by atomic mass is 35.5. The minimum atomic E-state index is -0.974. The Morgan fingerprint density at radius 2 is 1.75 bits per heavy atom. The van der Waals surface area contributed by atoms with Gasteiger partial charge in [-0.25, -0.2) is 0 Å². The van der Waals surface area contributed by atoms with Crippen molar-refractivity contribution in [1.29, 1.82) is 0 Å². The predicted molar refractivity (Wildman–Crippen MR) is 119 cm³/mol. The maximum atomic E-state index is 13.1. The van der Waals surface area contributed by atoms with Gasteiger partial charge in [-0.1, -0.05) is 29.3 Å². The van der Waals surface area contributed by atoms with Gasteiger partial charge in [0.15, 0.2) is 0 Å². The molecule has 2 heterocycles. The van der Waals surface area contributed by atoms with Crippen molar-refractivity contribution in [1.82, 2.24) is 0 Å². The summed E-state index contributed by atoms with van der Waals surface area (Å²) in [5, 5.41) is 11.5. The van der Waals surface area contributed by atoms with Crippen molar-refractivity contribution in [2.75, 3.05) is 19.1 Å². The molecular weight excluding hydrogens is 434 g/mol. The number of amides is 1. The van der Waals surface area contributed by atoms with Gasteiger partial charge in [0.2, 0.25) is 0 Å². The van der Waals surface area contributed by atoms with Gasteiger partial charge < -0.3 is 19.0 Å². The number of ether oxygens (including phenoxy) is 2. The molecule has 0 spiro atoms. The number of halogens is 1. The van der Waals surface area contributed by atoms with E-state index in [1.807, 2.05) is 19.1 Å². The van der Waals surface area contributed by atoms with E-state index < -0.39 is 23.5 Å². The van der Waals surface area contributed by atoms with Crippen molar-refractivity contribution in [3.8, 4) is 11.5 Å². The van der Waals surface area contributed by atoms with Crippen molar-refractivity contribution in [3.63, 3.8) is 0 Å². The number of hydrogen-bond donors (Lipinski definition) is 1. The van der Waals surface area contributed by atoms with Crippen LogP contribution in [0, 0.1) is 6.92 Å². The Hall–Kier alpha value is -3.71. The Bertz CT molecular complexity index is 1210. The summed E-state index contributed by atoms with van der Waals surface area (Å²) in [6.45, 7) is 1.92. The van der Waals surface area contributed by atoms with Crippen LogP contribution >= 0.6 is 11.6 Å². The average Bonchev–Trinajstić information content (AvgIpc) is 3.41. The van der Waals surface area contributed by atoms with Gasteiger partial charge in [0.1, 0.15) is 29.1 Å². The first-order valence-electron chi connectivity index (χ1n) is 9.70. The molecule has 1 unspecified atom stereocenters. The number of aliphatic hydroxyl groups is 1. The van der Waals surface area contributed by atoms with Crippen molar-refractivity contribution in [2.24, 2.45) is 0 Å². The summed E-state index contributed by atoms with van der Waals surface area (Å²) in [5.41, 5.74) is 1.51. The molecule has 0 saturated carbocycles. The molecule has 3 aromatic rings. The third-order valence-electron chi connectivity index (χ3n) is 5.30. The maximum absolute atomic E-state index is 13.1. The van der Waals surface area contributed by atoms with Gasteiger partial charge >= 0.3 is 0 Å². The molecule has 1 amide bonds. The molecule has 1 aliphatic rings. The highest BCUT2D eigenvalue weighted by Gasteiger charge is 2.48. The first-order valence-corrected chi connectivity index (χ1v) is 10.1. The zero-order valence-corrected chi connectivity index (χ0v) is 18.3. The summed E-state index contributed by atoms with van der Waals surface area (Å²) >= 11 is 6.25. The van der Waals surface area contributed by atoms with Crippen molar-refractivity contribution in [3.05, 3.63) is 82.3 Å². The van der Waals surface area contributed by atoms with E-state index in [0.717, 1.165) is 5.56 Å². The monoisotopic (exact) mass is 453 g/mol. The molecule has 2 aromatic carbocycles. The second-order valence-corrected chi connectivity index (χ2v) is 7.61. The Labute approximate surface area is 189 Å². The van der Waals surface area contributed by atoms with E-state index >= 15 is 0 Å². The second-order valence-electron chi connectivity index (χ2n) is 7.21. The molecule has 1 aliphatic heterocycles. The Morgan fingerprint density at radius 1 is 1.06 bits per heavy atom. The summed E-state index contributed by atoms with van der Waals surface area (Å²) in [4.78, 5) is 27.5. The minimum Gasteiger partial charge on any atom is -0.507 e. The topological polar surface area (TPSA) is 89.2 Å². The molecule has 1 fully saturated rings. The van der Waals surface area contributed by atoms with E-state index in [1.54, 1.807) is 24.3 Å². The van der Waals surface area contributed by atoms with Crippen LogP contribution < -0.4 is 14.4 Å². The molecule has 1 atom stereocenters. The summed E-state index contributed by atoms with van der Waals surface area (Å²) in [7, 11) is 2.86. The third-order valence-corrected chi connectivity index (χ3v) is 5.59. The second kappa shape index (κ2) is 8.43. The summed E-state index contributed by atoms with van der Waals surface area (Å²) in [6, 6.07) is 12.4. The van der Waals surface area contributed by atoms with Crippen LogP contribution in [-0.4, -0.2) is 31.0 Å². The van der Waals surface area contributed by atoms with Crippen molar-refractivity contribution >= 4 is 34.7 Å². The van der Waals surface area contributed by atoms with Crippen LogP contribution in [0.4, 0.5) is 5.69 Å². The number of aryl methyl sites for hydroxylation is 1. The molecule has 1 N–H and O–H groups in total. The zero-order chi connectivity index (χ0) is 23.0. The SMILES string of the molecule is COc1cc(OC)c(/C(O)=C2/C(=O)C(=O)N(c3ccc(C)cc3)C2c2ccco2)cc1Cl. The number of aliphatic hydroxyl groups excluding tert-OH is 1. The van der Waals surface area contributed by atoms with Gasteiger partial charge in [0, 0.05) is 11.8 Å². The number of methoxy groups -OCH3 is 2. The molecule has 164 valence electrons. The van der Waals surface area contributed by atoms with Crippen LogP contribution in [0.1, 0.15) is 22.9 Å². The Kier molecular flexibility index (Phi) is 5.67. The summed E-state index contributed by atoms with van der Waals surface area (Å²) in [5.74, 6) is -1.18. The predicted octanol–water partition coefficient (Wildman–Crippen LogP) is 4.88. The zero-order valence-electron chi connectivity index (χ0n) is 17.6. The number of anilines is 1. The number of furan rings is 1. The van der Waals surface area contributed by atoms with E-state index in [0.29, 0.717) is 17.2 Å². The number of hydrogen-bond acceptors (Lipinski definition) is 6. The number of Topliss-reactive ketones (excluding diaryl/α,β-unsaturated/α-hetero) is 1. The lowest BCUT2D eigenvalue weighted by molar-refractivity contribution is -0.132. The standard InChI is InChI=1S/C24H20ClNO6/c1-13-6-8-14(9-7-13)26-21(17-5-4-10-32-17)20(23(28)24(26)29)22(27)15-11-16(25)19(31-3)12-18(15)30-2/h4-12,21,27H,1-3H3/b22-20-. The first-order chi connectivity index (χ1) is 15.4. The molecular formula is C24H20ClNO6. The van der Waals surface area contributed by atoms with Gasteiger partial charge in [-0.05, 0) is 37.3 Å². The number of benzene rings is 2. The highest BCUT2D eigenvalue weighted by molar-refractivity contribution is 6.51. The Balaban J connectivity index is 1.95. The average molecular weight is 454 g/mol. The van der Waals surface area contributed by atoms with Gasteiger partial charge in [-0.15, -0.1) is 0 Å². The fraction of sp³-hybridized carbons (Fsp3) is 0.167. The van der Waals surface area contributed by atoms with Crippen LogP contribution in [0.15, 0.2) is 64.8 Å². The van der Waals surface area contributed by atoms with Gasteiger partial charge in [0.05, 0.1) is 36.6 Å². The lowest BCUT2D eigenvalue weighted by Gasteiger charge is -2.23. The molecule has 7 nitrogen and oxygen atoms in total. The molecule has 1 saturated heterocycles. The van der Waals surface area contributed by atoms with E-state index in [-0.39, 0.29) is 21.9 Å². The van der Waals surface area contributed by atoms with Gasteiger partial charge in [-0.3, -0.25) is 14.5 Å². The molecule has 1 aromatic heterocycles. The van der Waals surface area contributed by atoms with Gasteiger partial charge in [0.25, 0.3) is 11.7 Å². The summed E-state index contributed by atoms with van der Waals surface area (Å²) in [6.07, 6.45) is 1.44. The summed E-state index contributed by atoms with van der Waals surface area (Å²) < 4.78 is 16.1. The lowest BCUT2D eigenvalue weighted by Crippen LogP contribution is -2.29. The van der Waals surface area contributed by atoms with Crippen molar-refractivity contribution in [2.45, 2.75) is 13.0 Å². The molecule has 0 radical (unpaired) electrons. The van der Waals surface area contributed by atoms with Crippen LogP contribution in [0.2, 0.25) is 5.02 Å². The van der Waals surface area contributed by atoms with Crippen molar-refractivity contribution < 1.29 is 28.6 Å².